The fraction of sp³-hybridized carbons (Fsp3) is 0.333. The van der Waals surface area contributed by atoms with Gasteiger partial charge in [0.25, 0.3) is 0 Å². The zero-order valence-corrected chi connectivity index (χ0v) is 8.81. The van der Waals surface area contributed by atoms with Crippen molar-refractivity contribution < 1.29 is 9.53 Å². The Morgan fingerprint density at radius 1 is 1.40 bits per heavy atom. The van der Waals surface area contributed by atoms with Gasteiger partial charge in [-0.25, -0.2) is 0 Å². The highest BCUT2D eigenvalue weighted by Gasteiger charge is 2.26. The molecule has 78 valence electrons. The molecule has 3 nitrogen and oxygen atoms in total. The van der Waals surface area contributed by atoms with Crippen molar-refractivity contribution in [1.82, 2.24) is 0 Å². The van der Waals surface area contributed by atoms with Gasteiger partial charge in [-0.3, -0.25) is 4.79 Å². The Kier molecular flexibility index (Phi) is 3.87. The van der Waals surface area contributed by atoms with Crippen molar-refractivity contribution in [2.45, 2.75) is 12.8 Å². The van der Waals surface area contributed by atoms with Crippen molar-refractivity contribution in [3.63, 3.8) is 0 Å². The summed E-state index contributed by atoms with van der Waals surface area (Å²) in [6, 6.07) is 11.4. The van der Waals surface area contributed by atoms with Gasteiger partial charge < -0.3 is 4.74 Å². The van der Waals surface area contributed by atoms with E-state index in [4.69, 9.17) is 5.26 Å². The lowest BCUT2D eigenvalue weighted by atomic mass is 9.89. The first-order valence-electron chi connectivity index (χ1n) is 4.73. The molecule has 0 spiro atoms. The number of nitriles is 1. The first-order chi connectivity index (χ1) is 7.20. The summed E-state index contributed by atoms with van der Waals surface area (Å²) in [6.07, 6.45) is 0. The molecule has 0 heterocycles. The third-order valence-corrected chi connectivity index (χ3v) is 2.42. The molecule has 1 aromatic carbocycles. The van der Waals surface area contributed by atoms with Gasteiger partial charge in [-0.05, 0) is 5.56 Å². The number of nitrogens with zero attached hydrogens (tertiary/aromatic N) is 1. The van der Waals surface area contributed by atoms with Gasteiger partial charge in [0.05, 0.1) is 13.2 Å². The summed E-state index contributed by atoms with van der Waals surface area (Å²) >= 11 is 0. The van der Waals surface area contributed by atoms with Crippen LogP contribution < -0.4 is 0 Å². The molecule has 0 aliphatic carbocycles. The van der Waals surface area contributed by atoms with E-state index in [0.717, 1.165) is 5.56 Å². The van der Waals surface area contributed by atoms with Crippen LogP contribution in [0.25, 0.3) is 0 Å². The van der Waals surface area contributed by atoms with Gasteiger partial charge in [-0.2, -0.15) is 5.26 Å². The predicted molar refractivity (Wildman–Crippen MR) is 56.0 cm³/mol. The Balaban J connectivity index is 2.88. The number of ether oxygens (including phenoxy) is 1. The van der Waals surface area contributed by atoms with E-state index in [-0.39, 0.29) is 5.92 Å². The van der Waals surface area contributed by atoms with Gasteiger partial charge in [0.15, 0.2) is 5.92 Å². The Labute approximate surface area is 89.3 Å². The molecule has 0 aromatic heterocycles. The summed E-state index contributed by atoms with van der Waals surface area (Å²) in [5.41, 5.74) is 0.967. The third kappa shape index (κ3) is 2.57. The SMILES string of the molecule is COC(=O)C(C#N)C(C)c1ccccc1. The van der Waals surface area contributed by atoms with E-state index >= 15 is 0 Å². The Morgan fingerprint density at radius 2 is 2.00 bits per heavy atom. The summed E-state index contributed by atoms with van der Waals surface area (Å²) in [7, 11) is 1.30. The molecule has 2 unspecified atom stereocenters. The summed E-state index contributed by atoms with van der Waals surface area (Å²) in [4.78, 5) is 11.3. The molecule has 0 aliphatic heterocycles. The summed E-state index contributed by atoms with van der Waals surface area (Å²) < 4.78 is 4.58. The smallest absolute Gasteiger partial charge is 0.323 e. The first-order valence-corrected chi connectivity index (χ1v) is 4.73. The molecule has 3 heteroatoms. The zero-order chi connectivity index (χ0) is 11.3. The van der Waals surface area contributed by atoms with Crippen molar-refractivity contribution in [3.8, 4) is 6.07 Å². The minimum atomic E-state index is -0.739. The molecule has 0 N–H and O–H groups in total. The van der Waals surface area contributed by atoms with E-state index in [9.17, 15) is 4.79 Å². The molecule has 15 heavy (non-hydrogen) atoms. The molecule has 1 aromatic rings. The number of methoxy groups -OCH3 is 1. The number of hydrogen-bond acceptors (Lipinski definition) is 3. The minimum Gasteiger partial charge on any atom is -0.468 e. The largest absolute Gasteiger partial charge is 0.468 e. The number of carbonyl (C=O) groups excluding carboxylic acids is 1. The van der Waals surface area contributed by atoms with Gasteiger partial charge in [-0.15, -0.1) is 0 Å². The monoisotopic (exact) mass is 203 g/mol. The average molecular weight is 203 g/mol. The van der Waals surface area contributed by atoms with Crippen LogP contribution in [-0.4, -0.2) is 13.1 Å². The second-order valence-corrected chi connectivity index (χ2v) is 3.33. The van der Waals surface area contributed by atoms with Crippen molar-refractivity contribution in [2.75, 3.05) is 7.11 Å². The topological polar surface area (TPSA) is 50.1 Å². The third-order valence-electron chi connectivity index (χ3n) is 2.42. The Morgan fingerprint density at radius 3 is 2.47 bits per heavy atom. The molecule has 0 radical (unpaired) electrons. The van der Waals surface area contributed by atoms with Crippen molar-refractivity contribution in [1.29, 1.82) is 5.26 Å². The first kappa shape index (κ1) is 11.3. The molecular formula is C12H13NO2. The molecular weight excluding hydrogens is 190 g/mol. The standard InChI is InChI=1S/C12H13NO2/c1-9(10-6-4-3-5-7-10)11(8-13)12(14)15-2/h3-7,9,11H,1-2H3. The van der Waals surface area contributed by atoms with Crippen LogP contribution in [0.4, 0.5) is 0 Å². The van der Waals surface area contributed by atoms with Gasteiger partial charge in [-0.1, -0.05) is 37.3 Å². The van der Waals surface area contributed by atoms with Crippen molar-refractivity contribution in [2.24, 2.45) is 5.92 Å². The maximum Gasteiger partial charge on any atom is 0.323 e. The summed E-state index contributed by atoms with van der Waals surface area (Å²) in [5, 5.41) is 8.91. The number of carbonyl (C=O) groups is 1. The number of esters is 1. The molecule has 0 saturated heterocycles. The molecule has 0 amide bonds. The van der Waals surface area contributed by atoms with Crippen LogP contribution in [0.2, 0.25) is 0 Å². The highest BCUT2D eigenvalue weighted by molar-refractivity contribution is 5.76. The van der Waals surface area contributed by atoms with Crippen molar-refractivity contribution >= 4 is 5.97 Å². The molecule has 0 aliphatic rings. The van der Waals surface area contributed by atoms with E-state index in [1.54, 1.807) is 0 Å². The highest BCUT2D eigenvalue weighted by Crippen LogP contribution is 2.24. The molecule has 0 bridgehead atoms. The average Bonchev–Trinajstić information content (AvgIpc) is 2.30. The molecule has 1 rings (SSSR count). The van der Waals surface area contributed by atoms with Crippen LogP contribution in [0.15, 0.2) is 30.3 Å². The summed E-state index contributed by atoms with van der Waals surface area (Å²) in [6.45, 7) is 1.85. The van der Waals surface area contributed by atoms with E-state index in [0.29, 0.717) is 0 Å². The molecule has 0 fully saturated rings. The maximum atomic E-state index is 11.3. The van der Waals surface area contributed by atoms with E-state index in [1.807, 2.05) is 43.3 Å². The second kappa shape index (κ2) is 5.16. The highest BCUT2D eigenvalue weighted by atomic mass is 16.5. The van der Waals surface area contributed by atoms with Crippen molar-refractivity contribution in [3.05, 3.63) is 35.9 Å². The van der Waals surface area contributed by atoms with Crippen LogP contribution in [-0.2, 0) is 9.53 Å². The predicted octanol–water partition coefficient (Wildman–Crippen LogP) is 2.10. The quantitative estimate of drug-likeness (QED) is 0.707. The lowest BCUT2D eigenvalue weighted by Crippen LogP contribution is -2.20. The van der Waals surface area contributed by atoms with Gasteiger partial charge in [0.1, 0.15) is 0 Å². The Hall–Kier alpha value is -1.82. The van der Waals surface area contributed by atoms with Gasteiger partial charge in [0.2, 0.25) is 0 Å². The fourth-order valence-electron chi connectivity index (χ4n) is 1.44. The van der Waals surface area contributed by atoms with Crippen LogP contribution >= 0.6 is 0 Å². The number of rotatable bonds is 3. The van der Waals surface area contributed by atoms with E-state index < -0.39 is 11.9 Å². The lowest BCUT2D eigenvalue weighted by Gasteiger charge is -2.15. The van der Waals surface area contributed by atoms with Gasteiger partial charge in [0, 0.05) is 5.92 Å². The van der Waals surface area contributed by atoms with Crippen LogP contribution in [0.5, 0.6) is 0 Å². The molecule has 0 saturated carbocycles. The maximum absolute atomic E-state index is 11.3. The second-order valence-electron chi connectivity index (χ2n) is 3.33. The number of hydrogen-bond donors (Lipinski definition) is 0. The van der Waals surface area contributed by atoms with E-state index in [1.165, 1.54) is 7.11 Å². The summed E-state index contributed by atoms with van der Waals surface area (Å²) in [5.74, 6) is -1.37. The van der Waals surface area contributed by atoms with Gasteiger partial charge >= 0.3 is 5.97 Å². The van der Waals surface area contributed by atoms with Crippen LogP contribution in [0.3, 0.4) is 0 Å². The van der Waals surface area contributed by atoms with E-state index in [2.05, 4.69) is 4.74 Å². The zero-order valence-electron chi connectivity index (χ0n) is 8.81. The fourth-order valence-corrected chi connectivity index (χ4v) is 1.44. The van der Waals surface area contributed by atoms with Crippen LogP contribution in [0.1, 0.15) is 18.4 Å². The normalized spacial score (nSPS) is 13.7. The van der Waals surface area contributed by atoms with Crippen LogP contribution in [0, 0.1) is 17.2 Å². The lowest BCUT2D eigenvalue weighted by molar-refractivity contribution is -0.144. The molecule has 2 atom stereocenters. The Bertz CT molecular complexity index is 367. The number of benzene rings is 1. The minimum absolute atomic E-state index is 0.149.